The second-order valence-electron chi connectivity index (χ2n) is 10.1. The minimum atomic E-state index is -4.63. The van der Waals surface area contributed by atoms with Gasteiger partial charge in [0.05, 0.1) is 31.8 Å². The fraction of sp³-hybridized carbons (Fsp3) is 0.0667. The van der Waals surface area contributed by atoms with Gasteiger partial charge in [-0.05, 0) is 35.4 Å². The van der Waals surface area contributed by atoms with Crippen molar-refractivity contribution in [3.05, 3.63) is 158 Å². The highest BCUT2D eigenvalue weighted by molar-refractivity contribution is 7.92. The van der Waals surface area contributed by atoms with Crippen LogP contribution in [0.15, 0.2) is 84.9 Å². The largest absolute Gasteiger partial charge is 0.502 e. The lowest BCUT2D eigenvalue weighted by Gasteiger charge is -2.22. The van der Waals surface area contributed by atoms with E-state index in [1.165, 1.54) is 48.5 Å². The minimum absolute atomic E-state index is 0.0845. The van der Waals surface area contributed by atoms with Gasteiger partial charge >= 0.3 is 11.4 Å². The first-order valence-corrected chi connectivity index (χ1v) is 15.8. The van der Waals surface area contributed by atoms with Crippen LogP contribution in [0.1, 0.15) is 32.8 Å². The molecule has 19 heteroatoms. The van der Waals surface area contributed by atoms with Crippen molar-refractivity contribution in [3.63, 3.8) is 0 Å². The number of phenols is 2. The normalized spacial score (nSPS) is 12.9. The number of aromatic hydroxyl groups is 2. The summed E-state index contributed by atoms with van der Waals surface area (Å²) in [4.78, 5) is 41.9. The van der Waals surface area contributed by atoms with Gasteiger partial charge < -0.3 is 10.2 Å². The Bertz CT molecular complexity index is 2010. The molecule has 0 aromatic heterocycles. The molecule has 0 bridgehead atoms. The zero-order chi connectivity index (χ0) is 36.2. The predicted octanol–water partition coefficient (Wildman–Crippen LogP) is 7.66. The lowest BCUT2D eigenvalue weighted by molar-refractivity contribution is -0.395. The van der Waals surface area contributed by atoms with E-state index >= 15 is 0 Å². The average Bonchev–Trinajstić information content (AvgIpc) is 3.03. The van der Waals surface area contributed by atoms with E-state index in [-0.39, 0.29) is 21.2 Å². The fourth-order valence-electron chi connectivity index (χ4n) is 4.66. The molecule has 0 heterocycles. The Kier molecular flexibility index (Phi) is 10.6. The molecular formula is C30H20Cl2N4O12S. The van der Waals surface area contributed by atoms with Gasteiger partial charge in [0.1, 0.15) is 10.5 Å². The molecule has 0 saturated carbocycles. The lowest BCUT2D eigenvalue weighted by atomic mass is 10.1. The summed E-state index contributed by atoms with van der Waals surface area (Å²) in [6, 6.07) is 13.6. The second kappa shape index (κ2) is 14.5. The Morgan fingerprint density at radius 3 is 1.18 bits per heavy atom. The zero-order valence-electron chi connectivity index (χ0n) is 24.3. The third kappa shape index (κ3) is 7.98. The number of nitro groups is 4. The van der Waals surface area contributed by atoms with Crippen molar-refractivity contribution < 1.29 is 38.3 Å². The highest BCUT2D eigenvalue weighted by Gasteiger charge is 2.34. The summed E-state index contributed by atoms with van der Waals surface area (Å²) in [5, 5.41) is 64.1. The Hall–Kier alpha value is -5.91. The van der Waals surface area contributed by atoms with Gasteiger partial charge in [-0.1, -0.05) is 71.8 Å². The predicted molar refractivity (Wildman–Crippen MR) is 178 cm³/mol. The number of nitrogens with zero attached hydrogens (tertiary/aromatic N) is 4. The maximum absolute atomic E-state index is 14.6. The molecule has 0 aliphatic rings. The molecule has 4 rings (SSSR count). The molecule has 16 nitrogen and oxygen atoms in total. The number of non-ortho nitro benzene ring substituents is 2. The van der Waals surface area contributed by atoms with Crippen molar-refractivity contribution in [2.75, 3.05) is 0 Å². The van der Waals surface area contributed by atoms with Gasteiger partial charge in [0.2, 0.25) is 11.5 Å². The van der Waals surface area contributed by atoms with Crippen LogP contribution >= 0.6 is 23.2 Å². The van der Waals surface area contributed by atoms with E-state index in [0.717, 1.165) is 36.4 Å². The highest BCUT2D eigenvalue weighted by Crippen LogP contribution is 2.41. The van der Waals surface area contributed by atoms with Crippen molar-refractivity contribution in [2.24, 2.45) is 0 Å². The van der Waals surface area contributed by atoms with Crippen LogP contribution in [0.5, 0.6) is 11.5 Å². The highest BCUT2D eigenvalue weighted by atomic mass is 35.5. The van der Waals surface area contributed by atoms with E-state index in [9.17, 15) is 59.1 Å². The molecule has 0 aliphatic heterocycles. The average molecular weight is 731 g/mol. The first-order chi connectivity index (χ1) is 23.0. The summed E-state index contributed by atoms with van der Waals surface area (Å²) in [7, 11) is -4.63. The smallest absolute Gasteiger partial charge is 0.318 e. The molecule has 0 radical (unpaired) electrons. The van der Waals surface area contributed by atoms with E-state index in [4.69, 9.17) is 23.2 Å². The summed E-state index contributed by atoms with van der Waals surface area (Å²) in [6.07, 6.45) is 3.94. The topological polar surface area (TPSA) is 247 Å². The molecule has 4 aromatic rings. The molecule has 49 heavy (non-hydrogen) atoms. The van der Waals surface area contributed by atoms with Crippen LogP contribution in [0, 0.1) is 40.5 Å². The van der Waals surface area contributed by atoms with Crippen LogP contribution in [0.3, 0.4) is 0 Å². The summed E-state index contributed by atoms with van der Waals surface area (Å²) < 4.78 is 29.2. The van der Waals surface area contributed by atoms with Crippen LogP contribution in [-0.2, 0) is 9.84 Å². The third-order valence-electron chi connectivity index (χ3n) is 7.03. The van der Waals surface area contributed by atoms with Crippen LogP contribution < -0.4 is 0 Å². The lowest BCUT2D eigenvalue weighted by Crippen LogP contribution is -2.19. The molecule has 0 fully saturated rings. The van der Waals surface area contributed by atoms with Crippen molar-refractivity contribution in [2.45, 2.75) is 10.5 Å². The standard InChI is InChI=1S/C30H20Cl2N4O12S/c31-21-7-1-17(2-8-21)27(11-5-19-13-23(33(39)40)15-25(29(19)37)35(43)44)49(47,48)28(18-3-9-22(32)10-4-18)12-6-20-14-24(34(41)42)16-26(30(20)38)36(45)46/h1-16,27-28,37-38H/b11-5+,12-6+. The second-order valence-corrected chi connectivity index (χ2v) is 13.2. The Labute approximate surface area is 285 Å². The van der Waals surface area contributed by atoms with Crippen molar-refractivity contribution in [3.8, 4) is 11.5 Å². The maximum atomic E-state index is 14.6. The zero-order valence-corrected chi connectivity index (χ0v) is 26.7. The van der Waals surface area contributed by atoms with Gasteiger partial charge in [-0.25, -0.2) is 8.42 Å². The molecule has 252 valence electrons. The number of rotatable bonds is 12. The SMILES string of the molecule is O=[N+]([O-])c1cc(/C=C/C(c2ccc(Cl)cc2)S(=O)(=O)C(/C=C/c2cc([N+](=O)[O-])cc([N+](=O)[O-])c2O)c2ccc(Cl)cc2)c(O)c([N+](=O)[O-])c1. The Morgan fingerprint density at radius 2 is 0.898 bits per heavy atom. The van der Waals surface area contributed by atoms with Crippen molar-refractivity contribution in [1.82, 2.24) is 0 Å². The van der Waals surface area contributed by atoms with E-state index in [1.807, 2.05) is 0 Å². The molecule has 0 amide bonds. The van der Waals surface area contributed by atoms with Crippen LogP contribution in [0.25, 0.3) is 12.2 Å². The van der Waals surface area contributed by atoms with Crippen molar-refractivity contribution >= 4 is 67.9 Å². The van der Waals surface area contributed by atoms with E-state index in [0.29, 0.717) is 12.1 Å². The van der Waals surface area contributed by atoms with E-state index in [2.05, 4.69) is 0 Å². The van der Waals surface area contributed by atoms with Gasteiger partial charge in [0.15, 0.2) is 9.84 Å². The van der Waals surface area contributed by atoms with Crippen molar-refractivity contribution in [1.29, 1.82) is 0 Å². The van der Waals surface area contributed by atoms with Crippen LogP contribution in [-0.4, -0.2) is 38.3 Å². The maximum Gasteiger partial charge on any atom is 0.318 e. The van der Waals surface area contributed by atoms with Gasteiger partial charge in [-0.2, -0.15) is 0 Å². The quantitative estimate of drug-likeness (QED) is 0.105. The fourth-order valence-corrected chi connectivity index (χ4v) is 6.90. The monoisotopic (exact) mass is 730 g/mol. The number of halogens is 2. The Morgan fingerprint density at radius 1 is 0.571 bits per heavy atom. The number of benzene rings is 4. The number of phenolic OH excluding ortho intramolecular Hbond substituents is 2. The number of sulfone groups is 1. The van der Waals surface area contributed by atoms with Gasteiger partial charge in [-0.3, -0.25) is 40.5 Å². The summed E-state index contributed by atoms with van der Waals surface area (Å²) in [5.41, 5.74) is -4.28. The van der Waals surface area contributed by atoms with E-state index in [1.54, 1.807) is 0 Å². The van der Waals surface area contributed by atoms with Crippen LogP contribution in [0.4, 0.5) is 22.7 Å². The summed E-state index contributed by atoms with van der Waals surface area (Å²) in [5.74, 6) is -1.95. The molecular weight excluding hydrogens is 711 g/mol. The van der Waals surface area contributed by atoms with Gasteiger partial charge in [0, 0.05) is 33.3 Å². The molecule has 0 spiro atoms. The molecule has 2 unspecified atom stereocenters. The number of hydrogen-bond acceptors (Lipinski definition) is 12. The molecule has 0 saturated heterocycles. The third-order valence-corrected chi connectivity index (χ3v) is 9.81. The number of nitro benzene ring substituents is 4. The molecule has 0 aliphatic carbocycles. The van der Waals surface area contributed by atoms with Gasteiger partial charge in [-0.15, -0.1) is 0 Å². The minimum Gasteiger partial charge on any atom is -0.502 e. The van der Waals surface area contributed by atoms with Crippen LogP contribution in [0.2, 0.25) is 10.0 Å². The molecule has 2 N–H and O–H groups in total. The first kappa shape index (κ1) is 35.9. The van der Waals surface area contributed by atoms with E-state index < -0.39 is 85.4 Å². The molecule has 2 atom stereocenters. The summed E-state index contributed by atoms with van der Waals surface area (Å²) in [6.45, 7) is 0. The van der Waals surface area contributed by atoms with Gasteiger partial charge in [0.25, 0.3) is 11.4 Å². The molecule has 4 aromatic carbocycles. The number of hydrogen-bond donors (Lipinski definition) is 2. The summed E-state index contributed by atoms with van der Waals surface area (Å²) >= 11 is 12.0. The Balaban J connectivity index is 1.96. The first-order valence-electron chi connectivity index (χ1n) is 13.4.